The first kappa shape index (κ1) is 98.4. The van der Waals surface area contributed by atoms with E-state index in [4.69, 9.17) is 37.9 Å². The number of amides is 13. The molecule has 41 heteroatoms. The summed E-state index contributed by atoms with van der Waals surface area (Å²) in [6.45, 7) is 12.8. The second-order valence-electron chi connectivity index (χ2n) is 34.3. The number of likely N-dealkylation sites (N-methyl/N-ethyl adjacent to an activating group) is 3. The van der Waals surface area contributed by atoms with Crippen LogP contribution >= 0.6 is 0 Å². The smallest absolute Gasteiger partial charge is 0.407 e. The number of alkyl carbamates (subject to hydrolysis) is 1. The molecule has 0 aliphatic carbocycles. The number of carbonyl (C=O) groups excluding carboxylic acids is 13. The van der Waals surface area contributed by atoms with Gasteiger partial charge in [0.2, 0.25) is 45.5 Å². The Bertz CT molecular complexity index is 6210. The molecule has 0 radical (unpaired) electrons. The maximum Gasteiger partial charge on any atom is 0.407 e. The first-order chi connectivity index (χ1) is 63.0. The molecule has 3 atom stereocenters. The molecule has 9 heterocycles. The van der Waals surface area contributed by atoms with Gasteiger partial charge >= 0.3 is 6.09 Å². The molecule has 3 aromatic heterocycles. The van der Waals surface area contributed by atoms with Gasteiger partial charge in [-0.15, -0.1) is 0 Å². The van der Waals surface area contributed by atoms with Gasteiger partial charge < -0.3 is 88.6 Å². The highest BCUT2D eigenvalue weighted by molar-refractivity contribution is 7.88. The van der Waals surface area contributed by atoms with Crippen LogP contribution in [0.5, 0.6) is 17.2 Å². The Morgan fingerprint density at radius 2 is 0.805 bits per heavy atom. The number of hydrogen-bond donors (Lipinski definition) is 9. The Hall–Kier alpha value is -13.6. The summed E-state index contributed by atoms with van der Waals surface area (Å²) in [5.41, 5.74) is 4.76. The molecule has 3 saturated heterocycles. The number of imide groups is 3. The van der Waals surface area contributed by atoms with E-state index in [0.29, 0.717) is 111 Å². The summed E-state index contributed by atoms with van der Waals surface area (Å²) in [4.78, 5) is 174. The summed E-state index contributed by atoms with van der Waals surface area (Å²) >= 11 is 0. The predicted octanol–water partition coefficient (Wildman–Crippen LogP) is 5.61. The maximum atomic E-state index is 15.1. The van der Waals surface area contributed by atoms with Gasteiger partial charge in [0.05, 0.1) is 57.1 Å². The quantitative estimate of drug-likeness (QED) is 0.0231. The van der Waals surface area contributed by atoms with Crippen LogP contribution in [-0.2, 0) is 79.4 Å². The summed E-state index contributed by atoms with van der Waals surface area (Å²) < 4.78 is 108. The van der Waals surface area contributed by atoms with Crippen molar-refractivity contribution >= 4 is 120 Å². The average Bonchev–Trinajstić information content (AvgIpc) is 1.57. The third-order valence-corrected chi connectivity index (χ3v) is 24.2. The molecule has 3 fully saturated rings. The number of fused-ring (bicyclic) bond motifs is 6. The molecular formula is C92H106F3N15O22S. The number of nitrogens with zero attached hydrogens (tertiary/aromatic N) is 6. The number of hydrogen-bond acceptors (Lipinski definition) is 26. The van der Waals surface area contributed by atoms with Gasteiger partial charge in [0.25, 0.3) is 35.4 Å². The van der Waals surface area contributed by atoms with Crippen LogP contribution in [0, 0.1) is 17.5 Å². The molecule has 0 spiro atoms. The number of rotatable bonds is 32. The molecule has 9 aromatic rings. The van der Waals surface area contributed by atoms with E-state index in [-0.39, 0.29) is 139 Å². The SMILES string of the molecule is CC[C@@]1(c2cc3cc(C(=O)NCCN(C)CCNC(=O)OC(C)(C)C)c(F)cc3o2)CC(=O)NC1=O.COc1ccc2c(c1)C(=O)N(C)C2.COc1ccc2c(c1)C(=O)N(C[C@@]1(c3cc4cc(C(=O)NCCN(C)CCN)c(F)cc4o3)CC(=O)NC1=O)C2.COc1ccc2c(c1)C(=O)N(C[C@@]1(c3cc4cc(C(=O)NCCN(C)CCNS(C)(=O)=O)c(F)cc4o3)CC(=O)NC1=O)C2. The molecule has 13 amide bonds. The zero-order valence-electron chi connectivity index (χ0n) is 75.5. The maximum absolute atomic E-state index is 15.1. The highest BCUT2D eigenvalue weighted by Crippen LogP contribution is 2.44. The lowest BCUT2D eigenvalue weighted by atomic mass is 9.81. The summed E-state index contributed by atoms with van der Waals surface area (Å²) in [5, 5.41) is 18.8. The van der Waals surface area contributed by atoms with Crippen molar-refractivity contribution < 1.29 is 116 Å². The molecule has 708 valence electrons. The molecule has 15 rings (SSSR count). The molecule has 0 bridgehead atoms. The van der Waals surface area contributed by atoms with Crippen molar-refractivity contribution in [1.29, 1.82) is 0 Å². The number of carbonyl (C=O) groups is 13. The second kappa shape index (κ2) is 41.0. The normalized spacial score (nSPS) is 17.9. The Balaban J connectivity index is 0.000000168. The highest BCUT2D eigenvalue weighted by atomic mass is 32.2. The van der Waals surface area contributed by atoms with E-state index in [1.807, 2.05) is 36.0 Å². The van der Waals surface area contributed by atoms with Crippen LogP contribution in [0.2, 0.25) is 0 Å². The Morgan fingerprint density at radius 3 is 1.14 bits per heavy atom. The number of halogens is 3. The Morgan fingerprint density at radius 1 is 0.474 bits per heavy atom. The molecule has 37 nitrogen and oxygen atoms in total. The Kier molecular flexibility index (Phi) is 30.4. The van der Waals surface area contributed by atoms with Crippen LogP contribution in [0.1, 0.15) is 149 Å². The Labute approximate surface area is 762 Å². The van der Waals surface area contributed by atoms with Gasteiger partial charge in [-0.1, -0.05) is 25.1 Å². The van der Waals surface area contributed by atoms with E-state index in [1.54, 1.807) is 107 Å². The van der Waals surface area contributed by atoms with Gasteiger partial charge in [0.15, 0.2) is 0 Å². The zero-order chi connectivity index (χ0) is 96.5. The van der Waals surface area contributed by atoms with Crippen LogP contribution in [0.4, 0.5) is 18.0 Å². The number of ether oxygens (including phenoxy) is 4. The minimum Gasteiger partial charge on any atom is -0.497 e. The topological polar surface area (TPSA) is 474 Å². The minimum atomic E-state index is -3.30. The number of furan rings is 3. The van der Waals surface area contributed by atoms with Crippen LogP contribution in [-0.4, -0.2) is 268 Å². The lowest BCUT2D eigenvalue weighted by Gasteiger charge is -2.28. The summed E-state index contributed by atoms with van der Waals surface area (Å²) in [6.07, 6.45) is 0.330. The minimum absolute atomic E-state index is 0.0429. The van der Waals surface area contributed by atoms with Gasteiger partial charge in [-0.25, -0.2) is 31.1 Å². The van der Waals surface area contributed by atoms with E-state index >= 15 is 4.39 Å². The fourth-order valence-electron chi connectivity index (χ4n) is 16.2. The number of nitrogens with one attached hydrogen (secondary N) is 8. The van der Waals surface area contributed by atoms with Crippen molar-refractivity contribution in [1.82, 2.24) is 71.3 Å². The van der Waals surface area contributed by atoms with Crippen molar-refractivity contribution in [3.05, 3.63) is 194 Å². The van der Waals surface area contributed by atoms with Gasteiger partial charge in [0, 0.05) is 176 Å². The molecule has 0 unspecified atom stereocenters. The third-order valence-electron chi connectivity index (χ3n) is 23.5. The fourth-order valence-corrected chi connectivity index (χ4v) is 16.7. The summed E-state index contributed by atoms with van der Waals surface area (Å²) in [6, 6.07) is 27.8. The van der Waals surface area contributed by atoms with E-state index in [0.717, 1.165) is 52.5 Å². The fraction of sp³-hybridized carbons (Fsp3) is 0.402. The average molecular weight is 1860 g/mol. The van der Waals surface area contributed by atoms with Crippen LogP contribution in [0.3, 0.4) is 0 Å². The largest absolute Gasteiger partial charge is 0.497 e. The van der Waals surface area contributed by atoms with Crippen molar-refractivity contribution in [2.24, 2.45) is 5.73 Å². The monoisotopic (exact) mass is 1860 g/mol. The molecule has 6 aliphatic rings. The van der Waals surface area contributed by atoms with E-state index in [1.165, 1.54) is 54.4 Å². The second-order valence-corrected chi connectivity index (χ2v) is 36.2. The van der Waals surface area contributed by atoms with Crippen molar-refractivity contribution in [2.75, 3.05) is 147 Å². The van der Waals surface area contributed by atoms with Crippen molar-refractivity contribution in [3.63, 3.8) is 0 Å². The number of sulfonamides is 1. The number of methoxy groups -OCH3 is 3. The van der Waals surface area contributed by atoms with Crippen LogP contribution in [0.15, 0.2) is 122 Å². The first-order valence-electron chi connectivity index (χ1n) is 42.6. The van der Waals surface area contributed by atoms with E-state index in [9.17, 15) is 79.5 Å². The number of nitrogens with two attached hydrogens (primary N) is 1. The van der Waals surface area contributed by atoms with Crippen LogP contribution in [0.25, 0.3) is 32.9 Å². The van der Waals surface area contributed by atoms with Crippen molar-refractivity contribution in [3.8, 4) is 17.2 Å². The zero-order valence-corrected chi connectivity index (χ0v) is 76.3. The van der Waals surface area contributed by atoms with Crippen LogP contribution < -0.4 is 61.9 Å². The van der Waals surface area contributed by atoms with Gasteiger partial charge in [-0.05, 0) is 138 Å². The third kappa shape index (κ3) is 22.6. The summed E-state index contributed by atoms with van der Waals surface area (Å²) in [5.74, 6) is -5.73. The highest BCUT2D eigenvalue weighted by Gasteiger charge is 2.55. The lowest BCUT2D eigenvalue weighted by Crippen LogP contribution is -2.46. The predicted molar refractivity (Wildman–Crippen MR) is 477 cm³/mol. The standard InChI is InChI=1S/C29H32FN5O8S.C28H30FN5O6.C25H33FN4O6.C10H11NO2/c1-34(9-7-32-44(3,40)41)8-6-31-26(37)21-10-18-11-24(43-23(18)13-22(21)30)29(14-25(36)33-28(29)39)16-35-15-17-4-5-19(42-2)12-20(17)27(35)38;1-33(7-5-30)8-6-31-25(36)20-9-17-10-23(40-22(17)12-21(20)29)28(13-24(35)32-27(28)38)15-34-14-16-3-4-18(39-2)11-19(16)26(34)37;1-6-25(14-20(31)29-22(25)33)19-12-15-11-16(17(26)13-18(15)35-19)21(32)27-7-9-30(5)10-8-28-23(34)36-24(2,3)4;1-11-6-7-3-4-8(13-2)5-9(7)10(11)12/h4-5,10-13,32H,6-9,14-16H2,1-3H3,(H,31,37)(H,33,36,39);3-4,9-12H,5-8,13-15,30H2,1-2H3,(H,31,36)(H,32,35,38);11-13H,6-10,14H2,1-5H3,(H,27,32)(H,28,34)(H,29,31,33);3-5H,6H2,1-2H3/t29-;28-;25-;/m110./s1. The number of benzene rings is 6. The first-order valence-corrected chi connectivity index (χ1v) is 44.5. The van der Waals surface area contributed by atoms with Gasteiger partial charge in [-0.3, -0.25) is 73.5 Å². The van der Waals surface area contributed by atoms with Crippen molar-refractivity contribution in [2.45, 2.75) is 94.9 Å². The van der Waals surface area contributed by atoms with E-state index in [2.05, 4.69) is 41.9 Å². The lowest BCUT2D eigenvalue weighted by molar-refractivity contribution is -0.128. The van der Waals surface area contributed by atoms with Gasteiger partial charge in [-0.2, -0.15) is 0 Å². The molecule has 0 saturated carbocycles. The molecule has 10 N–H and O–H groups in total. The van der Waals surface area contributed by atoms with E-state index < -0.39 is 103 Å². The molecule has 6 aromatic carbocycles. The molecule has 133 heavy (non-hydrogen) atoms. The molecule has 6 aliphatic heterocycles. The molecular weight excluding hydrogens is 1760 g/mol. The van der Waals surface area contributed by atoms with Gasteiger partial charge in [0.1, 0.15) is 90.6 Å². The summed E-state index contributed by atoms with van der Waals surface area (Å²) in [7, 11) is 8.54.